The van der Waals surface area contributed by atoms with Crippen molar-refractivity contribution in [3.63, 3.8) is 0 Å². The summed E-state index contributed by atoms with van der Waals surface area (Å²) in [4.78, 5) is 5.49. The van der Waals surface area contributed by atoms with Gasteiger partial charge >= 0.3 is 0 Å². The monoisotopic (exact) mass is 322 g/mol. The molecule has 0 saturated carbocycles. The SMILES string of the molecule is CC(C)(CC(C)(C)N1C[C@H]2COC[C@@H]2C1)N1CC2COCC2C1. The van der Waals surface area contributed by atoms with E-state index in [-0.39, 0.29) is 11.1 Å². The van der Waals surface area contributed by atoms with Crippen LogP contribution in [-0.2, 0) is 9.47 Å². The Balaban J connectivity index is 1.39. The van der Waals surface area contributed by atoms with Crippen molar-refractivity contribution in [1.29, 1.82) is 0 Å². The van der Waals surface area contributed by atoms with E-state index in [9.17, 15) is 0 Å². The average molecular weight is 322 g/mol. The maximum absolute atomic E-state index is 5.65. The van der Waals surface area contributed by atoms with Crippen LogP contribution in [0.15, 0.2) is 0 Å². The Labute approximate surface area is 141 Å². The summed E-state index contributed by atoms with van der Waals surface area (Å²) >= 11 is 0. The van der Waals surface area contributed by atoms with Gasteiger partial charge in [0.2, 0.25) is 0 Å². The normalized spacial score (nSPS) is 39.1. The lowest BCUT2D eigenvalue weighted by atomic mass is 9.84. The molecule has 0 radical (unpaired) electrons. The summed E-state index contributed by atoms with van der Waals surface area (Å²) in [6.07, 6.45) is 1.24. The Morgan fingerprint density at radius 3 is 1.26 bits per heavy atom. The Morgan fingerprint density at radius 2 is 0.957 bits per heavy atom. The first kappa shape index (κ1) is 16.3. The van der Waals surface area contributed by atoms with Crippen molar-refractivity contribution in [2.45, 2.75) is 45.2 Å². The molecule has 0 amide bonds. The lowest BCUT2D eigenvalue weighted by molar-refractivity contribution is 0.0328. The first-order valence-corrected chi connectivity index (χ1v) is 9.51. The molecule has 2 unspecified atom stereocenters. The van der Waals surface area contributed by atoms with Gasteiger partial charge in [-0.2, -0.15) is 0 Å². The van der Waals surface area contributed by atoms with Gasteiger partial charge in [-0.15, -0.1) is 0 Å². The molecule has 132 valence electrons. The predicted octanol–water partition coefficient (Wildman–Crippen LogP) is 2.09. The van der Waals surface area contributed by atoms with Crippen LogP contribution >= 0.6 is 0 Å². The molecule has 4 aliphatic heterocycles. The van der Waals surface area contributed by atoms with E-state index in [1.54, 1.807) is 0 Å². The van der Waals surface area contributed by atoms with E-state index < -0.39 is 0 Å². The zero-order chi connectivity index (χ0) is 16.2. The molecular weight excluding hydrogens is 288 g/mol. The van der Waals surface area contributed by atoms with Crippen molar-refractivity contribution < 1.29 is 9.47 Å². The summed E-state index contributed by atoms with van der Waals surface area (Å²) < 4.78 is 11.3. The van der Waals surface area contributed by atoms with Crippen LogP contribution in [-0.4, -0.2) is 73.5 Å². The summed E-state index contributed by atoms with van der Waals surface area (Å²) in [5, 5.41) is 0. The molecule has 4 aliphatic rings. The quantitative estimate of drug-likeness (QED) is 0.791. The first-order chi connectivity index (χ1) is 10.9. The van der Waals surface area contributed by atoms with Crippen LogP contribution in [0, 0.1) is 23.7 Å². The summed E-state index contributed by atoms with van der Waals surface area (Å²) in [7, 11) is 0. The van der Waals surface area contributed by atoms with Crippen molar-refractivity contribution in [2.75, 3.05) is 52.6 Å². The molecule has 4 rings (SSSR count). The number of hydrogen-bond donors (Lipinski definition) is 0. The minimum absolute atomic E-state index is 0.266. The van der Waals surface area contributed by atoms with Crippen LogP contribution in [0.4, 0.5) is 0 Å². The zero-order valence-corrected chi connectivity index (χ0v) is 15.4. The fourth-order valence-electron chi connectivity index (χ4n) is 5.65. The van der Waals surface area contributed by atoms with Crippen LogP contribution in [0.1, 0.15) is 34.1 Å². The van der Waals surface area contributed by atoms with Gasteiger partial charge in [0.05, 0.1) is 26.4 Å². The molecule has 0 bridgehead atoms. The van der Waals surface area contributed by atoms with Crippen molar-refractivity contribution in [3.05, 3.63) is 0 Å². The minimum atomic E-state index is 0.266. The molecule has 0 spiro atoms. The van der Waals surface area contributed by atoms with E-state index in [1.165, 1.54) is 32.6 Å². The van der Waals surface area contributed by atoms with Crippen molar-refractivity contribution in [1.82, 2.24) is 9.80 Å². The third-order valence-corrected chi connectivity index (χ3v) is 7.06. The number of hydrogen-bond acceptors (Lipinski definition) is 4. The van der Waals surface area contributed by atoms with Gasteiger partial charge in [0.25, 0.3) is 0 Å². The average Bonchev–Trinajstić information content (AvgIpc) is 3.16. The molecule has 4 heteroatoms. The van der Waals surface area contributed by atoms with Gasteiger partial charge in [0.1, 0.15) is 0 Å². The highest BCUT2D eigenvalue weighted by atomic mass is 16.5. The molecule has 4 atom stereocenters. The Hall–Kier alpha value is -0.160. The highest BCUT2D eigenvalue weighted by molar-refractivity contribution is 5.01. The highest BCUT2D eigenvalue weighted by Gasteiger charge is 2.47. The smallest absolute Gasteiger partial charge is 0.0510 e. The number of ether oxygens (including phenoxy) is 2. The molecular formula is C19H34N2O2. The summed E-state index contributed by atoms with van der Waals surface area (Å²) in [5.41, 5.74) is 0.532. The lowest BCUT2D eigenvalue weighted by Crippen LogP contribution is -2.53. The standard InChI is InChI=1S/C19H34N2O2/c1-18(2,20-5-14-9-22-10-15(14)6-20)13-19(3,4)21-7-16-11-23-12-17(16)8-21/h14-17H,5-13H2,1-4H3/t14-,15-,16?,17?/m0/s1. The van der Waals surface area contributed by atoms with Gasteiger partial charge in [-0.25, -0.2) is 0 Å². The number of likely N-dealkylation sites (tertiary alicyclic amines) is 2. The fourth-order valence-corrected chi connectivity index (χ4v) is 5.65. The second-order valence-corrected chi connectivity index (χ2v) is 9.73. The van der Waals surface area contributed by atoms with Crippen molar-refractivity contribution in [2.24, 2.45) is 23.7 Å². The van der Waals surface area contributed by atoms with E-state index in [2.05, 4.69) is 37.5 Å². The van der Waals surface area contributed by atoms with E-state index in [0.29, 0.717) is 0 Å². The topological polar surface area (TPSA) is 24.9 Å². The number of fused-ring (bicyclic) bond motifs is 2. The van der Waals surface area contributed by atoms with Crippen molar-refractivity contribution >= 4 is 0 Å². The van der Waals surface area contributed by atoms with Crippen LogP contribution < -0.4 is 0 Å². The Morgan fingerprint density at radius 1 is 0.652 bits per heavy atom. The van der Waals surface area contributed by atoms with Crippen LogP contribution in [0.25, 0.3) is 0 Å². The molecule has 4 saturated heterocycles. The molecule has 0 aromatic carbocycles. The second kappa shape index (κ2) is 5.69. The van der Waals surface area contributed by atoms with Crippen molar-refractivity contribution in [3.8, 4) is 0 Å². The lowest BCUT2D eigenvalue weighted by Gasteiger charge is -2.46. The Bertz CT molecular complexity index is 387. The number of rotatable bonds is 4. The van der Waals surface area contributed by atoms with Crippen LogP contribution in [0.3, 0.4) is 0 Å². The molecule has 23 heavy (non-hydrogen) atoms. The molecule has 0 N–H and O–H groups in total. The predicted molar refractivity (Wildman–Crippen MR) is 91.5 cm³/mol. The van der Waals surface area contributed by atoms with Gasteiger partial charge in [-0.05, 0) is 34.1 Å². The van der Waals surface area contributed by atoms with Crippen LogP contribution in [0.2, 0.25) is 0 Å². The maximum atomic E-state index is 5.65. The van der Waals surface area contributed by atoms with E-state index in [1.807, 2.05) is 0 Å². The highest BCUT2D eigenvalue weighted by Crippen LogP contribution is 2.40. The molecule has 0 aromatic rings. The van der Waals surface area contributed by atoms with E-state index in [0.717, 1.165) is 50.1 Å². The summed E-state index contributed by atoms with van der Waals surface area (Å²) in [6.45, 7) is 18.7. The van der Waals surface area contributed by atoms with Gasteiger partial charge in [-0.3, -0.25) is 9.80 Å². The molecule has 4 nitrogen and oxygen atoms in total. The Kier molecular flexibility index (Phi) is 4.03. The number of nitrogens with zero attached hydrogens (tertiary/aromatic N) is 2. The maximum Gasteiger partial charge on any atom is 0.0510 e. The molecule has 0 aromatic heterocycles. The largest absolute Gasteiger partial charge is 0.381 e. The second-order valence-electron chi connectivity index (χ2n) is 9.73. The van der Waals surface area contributed by atoms with E-state index >= 15 is 0 Å². The minimum Gasteiger partial charge on any atom is -0.381 e. The zero-order valence-electron chi connectivity index (χ0n) is 15.4. The molecule has 0 aliphatic carbocycles. The molecule has 4 heterocycles. The fraction of sp³-hybridized carbons (Fsp3) is 1.00. The third kappa shape index (κ3) is 2.97. The van der Waals surface area contributed by atoms with Gasteiger partial charge in [0, 0.05) is 60.9 Å². The van der Waals surface area contributed by atoms with Gasteiger partial charge < -0.3 is 9.47 Å². The van der Waals surface area contributed by atoms with Gasteiger partial charge in [0.15, 0.2) is 0 Å². The third-order valence-electron chi connectivity index (χ3n) is 7.06. The van der Waals surface area contributed by atoms with Gasteiger partial charge in [-0.1, -0.05) is 0 Å². The summed E-state index contributed by atoms with van der Waals surface area (Å²) in [5.74, 6) is 3.11. The van der Waals surface area contributed by atoms with E-state index in [4.69, 9.17) is 9.47 Å². The first-order valence-electron chi connectivity index (χ1n) is 9.51. The summed E-state index contributed by atoms with van der Waals surface area (Å²) in [6, 6.07) is 0. The molecule has 4 fully saturated rings. The van der Waals surface area contributed by atoms with Crippen LogP contribution in [0.5, 0.6) is 0 Å².